The second-order valence-electron chi connectivity index (χ2n) is 5.59. The van der Waals surface area contributed by atoms with E-state index >= 15 is 0 Å². The standard InChI is InChI=1S/C18H17F3N2O3S/c1-11(16(24)23(2)17(22)27)25-13-7-9-15(10-8-13)26-14-5-3-12(4-6-14)18(19,20)21/h3-11H,1-2H3,(H2,22,27). The summed E-state index contributed by atoms with van der Waals surface area (Å²) in [6, 6.07) is 10.6. The van der Waals surface area contributed by atoms with Gasteiger partial charge in [-0.15, -0.1) is 0 Å². The van der Waals surface area contributed by atoms with Crippen LogP contribution in [-0.4, -0.2) is 29.1 Å². The summed E-state index contributed by atoms with van der Waals surface area (Å²) in [5.41, 5.74) is 4.65. The monoisotopic (exact) mass is 398 g/mol. The third-order valence-corrected chi connectivity index (χ3v) is 3.84. The number of ether oxygens (including phenoxy) is 2. The Morgan fingerprint density at radius 1 is 1.04 bits per heavy atom. The lowest BCUT2D eigenvalue weighted by molar-refractivity contribution is -0.137. The molecule has 0 spiro atoms. The van der Waals surface area contributed by atoms with Crippen molar-refractivity contribution in [3.05, 3.63) is 54.1 Å². The topological polar surface area (TPSA) is 64.8 Å². The molecule has 0 radical (unpaired) electrons. The van der Waals surface area contributed by atoms with Crippen LogP contribution in [0.5, 0.6) is 17.2 Å². The van der Waals surface area contributed by atoms with Gasteiger partial charge in [0.05, 0.1) is 5.56 Å². The Bertz CT molecular complexity index is 808. The Kier molecular flexibility index (Phi) is 6.27. The van der Waals surface area contributed by atoms with Gasteiger partial charge in [0.2, 0.25) is 0 Å². The van der Waals surface area contributed by atoms with Crippen molar-refractivity contribution >= 4 is 23.2 Å². The van der Waals surface area contributed by atoms with Crippen LogP contribution in [0.4, 0.5) is 13.2 Å². The quantitative estimate of drug-likeness (QED) is 0.773. The predicted octanol–water partition coefficient (Wildman–Crippen LogP) is 3.97. The zero-order valence-corrected chi connectivity index (χ0v) is 15.3. The Morgan fingerprint density at radius 3 is 1.93 bits per heavy atom. The van der Waals surface area contributed by atoms with Crippen LogP contribution in [0.25, 0.3) is 0 Å². The van der Waals surface area contributed by atoms with Gasteiger partial charge in [-0.05, 0) is 67.7 Å². The lowest BCUT2D eigenvalue weighted by atomic mass is 10.2. The number of hydrogen-bond acceptors (Lipinski definition) is 4. The first-order chi connectivity index (χ1) is 12.6. The minimum atomic E-state index is -4.40. The molecule has 2 N–H and O–H groups in total. The smallest absolute Gasteiger partial charge is 0.416 e. The molecule has 144 valence electrons. The fourth-order valence-corrected chi connectivity index (χ4v) is 2.16. The van der Waals surface area contributed by atoms with Crippen LogP contribution in [0.15, 0.2) is 48.5 Å². The van der Waals surface area contributed by atoms with Gasteiger partial charge in [-0.25, -0.2) is 0 Å². The molecule has 0 aliphatic rings. The third kappa shape index (κ3) is 5.58. The number of hydrogen-bond donors (Lipinski definition) is 1. The lowest BCUT2D eigenvalue weighted by Crippen LogP contribution is -2.44. The SMILES string of the molecule is CC(Oc1ccc(Oc2ccc(C(F)(F)F)cc2)cc1)C(=O)N(C)C(N)=S. The van der Waals surface area contributed by atoms with Crippen LogP contribution in [0.1, 0.15) is 12.5 Å². The van der Waals surface area contributed by atoms with Crippen molar-refractivity contribution in [1.82, 2.24) is 4.90 Å². The summed E-state index contributed by atoms with van der Waals surface area (Å²) in [7, 11) is 1.45. The van der Waals surface area contributed by atoms with Crippen molar-refractivity contribution in [3.63, 3.8) is 0 Å². The number of carbonyl (C=O) groups is 1. The minimum absolute atomic E-state index is 0.0595. The van der Waals surface area contributed by atoms with Gasteiger partial charge in [0.15, 0.2) is 11.2 Å². The average molecular weight is 398 g/mol. The summed E-state index contributed by atoms with van der Waals surface area (Å²) in [4.78, 5) is 13.1. The summed E-state index contributed by atoms with van der Waals surface area (Å²) in [6.07, 6.45) is -5.20. The molecule has 5 nitrogen and oxygen atoms in total. The van der Waals surface area contributed by atoms with Crippen LogP contribution in [0.3, 0.4) is 0 Å². The zero-order chi connectivity index (χ0) is 20.2. The molecule has 2 aromatic rings. The molecule has 0 heterocycles. The van der Waals surface area contributed by atoms with Gasteiger partial charge in [-0.3, -0.25) is 9.69 Å². The number of carbonyl (C=O) groups excluding carboxylic acids is 1. The van der Waals surface area contributed by atoms with E-state index in [2.05, 4.69) is 0 Å². The maximum absolute atomic E-state index is 12.6. The molecule has 0 aliphatic carbocycles. The molecule has 0 fully saturated rings. The van der Waals surface area contributed by atoms with E-state index in [0.717, 1.165) is 17.0 Å². The van der Waals surface area contributed by atoms with E-state index in [4.69, 9.17) is 27.4 Å². The van der Waals surface area contributed by atoms with E-state index in [1.807, 2.05) is 0 Å². The second-order valence-corrected chi connectivity index (χ2v) is 6.01. The first kappa shape index (κ1) is 20.5. The molecular weight excluding hydrogens is 381 g/mol. The molecule has 0 bridgehead atoms. The molecule has 0 saturated carbocycles. The summed E-state index contributed by atoms with van der Waals surface area (Å²) in [6.45, 7) is 1.56. The van der Waals surface area contributed by atoms with Gasteiger partial charge in [0.1, 0.15) is 17.2 Å². The molecule has 1 amide bonds. The van der Waals surface area contributed by atoms with Crippen LogP contribution in [-0.2, 0) is 11.0 Å². The number of halogens is 3. The average Bonchev–Trinajstić information content (AvgIpc) is 2.61. The first-order valence-corrected chi connectivity index (χ1v) is 8.17. The molecule has 2 rings (SSSR count). The molecule has 0 aromatic heterocycles. The van der Waals surface area contributed by atoms with Crippen LogP contribution in [0, 0.1) is 0 Å². The number of alkyl halides is 3. The summed E-state index contributed by atoms with van der Waals surface area (Å²) >= 11 is 4.73. The van der Waals surface area contributed by atoms with Crippen molar-refractivity contribution in [1.29, 1.82) is 0 Å². The van der Waals surface area contributed by atoms with E-state index in [1.54, 1.807) is 31.2 Å². The maximum atomic E-state index is 12.6. The number of nitrogens with zero attached hydrogens (tertiary/aromatic N) is 1. The van der Waals surface area contributed by atoms with Gasteiger partial charge in [-0.2, -0.15) is 13.2 Å². The van der Waals surface area contributed by atoms with E-state index in [1.165, 1.54) is 19.2 Å². The van der Waals surface area contributed by atoms with E-state index < -0.39 is 23.8 Å². The third-order valence-electron chi connectivity index (χ3n) is 3.56. The molecule has 0 saturated heterocycles. The fraction of sp³-hybridized carbons (Fsp3) is 0.222. The van der Waals surface area contributed by atoms with Crippen molar-refractivity contribution in [2.24, 2.45) is 5.73 Å². The van der Waals surface area contributed by atoms with Crippen molar-refractivity contribution in [2.75, 3.05) is 7.05 Å². The van der Waals surface area contributed by atoms with Crippen LogP contribution >= 0.6 is 12.2 Å². The highest BCUT2D eigenvalue weighted by Gasteiger charge is 2.30. The van der Waals surface area contributed by atoms with E-state index in [9.17, 15) is 18.0 Å². The Hall–Kier alpha value is -2.81. The predicted molar refractivity (Wildman–Crippen MR) is 97.6 cm³/mol. The highest BCUT2D eigenvalue weighted by atomic mass is 32.1. The van der Waals surface area contributed by atoms with Gasteiger partial charge >= 0.3 is 6.18 Å². The molecule has 2 aromatic carbocycles. The van der Waals surface area contributed by atoms with Crippen LogP contribution in [0.2, 0.25) is 0 Å². The number of thiocarbonyl (C=S) groups is 1. The highest BCUT2D eigenvalue weighted by molar-refractivity contribution is 7.80. The van der Waals surface area contributed by atoms with Gasteiger partial charge in [0.25, 0.3) is 5.91 Å². The largest absolute Gasteiger partial charge is 0.481 e. The summed E-state index contributed by atoms with van der Waals surface area (Å²) < 4.78 is 48.7. The number of amides is 1. The molecule has 27 heavy (non-hydrogen) atoms. The van der Waals surface area contributed by atoms with Crippen molar-refractivity contribution in [2.45, 2.75) is 19.2 Å². The Labute approximate surface area is 159 Å². The summed E-state index contributed by atoms with van der Waals surface area (Å²) in [5, 5.41) is -0.0595. The minimum Gasteiger partial charge on any atom is -0.481 e. The van der Waals surface area contributed by atoms with Gasteiger partial charge in [0, 0.05) is 7.05 Å². The fourth-order valence-electron chi connectivity index (χ4n) is 2.07. The summed E-state index contributed by atoms with van der Waals surface area (Å²) in [5.74, 6) is 0.680. The Morgan fingerprint density at radius 2 is 1.48 bits per heavy atom. The number of nitrogens with two attached hydrogens (primary N) is 1. The lowest BCUT2D eigenvalue weighted by Gasteiger charge is -2.20. The van der Waals surface area contributed by atoms with E-state index in [-0.39, 0.29) is 10.9 Å². The van der Waals surface area contributed by atoms with Crippen LogP contribution < -0.4 is 15.2 Å². The second kappa shape index (κ2) is 8.26. The normalized spacial score (nSPS) is 12.2. The zero-order valence-electron chi connectivity index (χ0n) is 14.5. The molecule has 1 unspecified atom stereocenters. The van der Waals surface area contributed by atoms with Crippen molar-refractivity contribution < 1.29 is 27.4 Å². The molecule has 1 atom stereocenters. The van der Waals surface area contributed by atoms with Gasteiger partial charge < -0.3 is 15.2 Å². The maximum Gasteiger partial charge on any atom is 0.416 e. The molecule has 9 heteroatoms. The highest BCUT2D eigenvalue weighted by Crippen LogP contribution is 2.31. The Balaban J connectivity index is 1.99. The van der Waals surface area contributed by atoms with Crippen molar-refractivity contribution in [3.8, 4) is 17.2 Å². The van der Waals surface area contributed by atoms with Gasteiger partial charge in [-0.1, -0.05) is 0 Å². The van der Waals surface area contributed by atoms with E-state index in [0.29, 0.717) is 11.5 Å². The first-order valence-electron chi connectivity index (χ1n) is 7.77. The molecular formula is C18H17F3N2O3S. The number of likely N-dealkylation sites (N-methyl/N-ethyl adjacent to an activating group) is 1. The number of rotatable bonds is 5. The molecule has 0 aliphatic heterocycles. The number of benzene rings is 2.